The number of hydrogen-bond donors (Lipinski definition) is 2. The Labute approximate surface area is 292 Å². The topological polar surface area (TPSA) is 52.6 Å². The van der Waals surface area contributed by atoms with Gasteiger partial charge >= 0.3 is 5.97 Å². The quantitative estimate of drug-likeness (QED) is 0.216. The van der Waals surface area contributed by atoms with Crippen LogP contribution in [0.4, 0.5) is 0 Å². The largest absolute Gasteiger partial charge is 0.478 e. The van der Waals surface area contributed by atoms with Crippen LogP contribution < -0.4 is 5.32 Å². The van der Waals surface area contributed by atoms with Crippen molar-refractivity contribution in [1.82, 2.24) is 10.2 Å². The Kier molecular flexibility index (Phi) is 8.92. The molecule has 6 aliphatic rings. The lowest BCUT2D eigenvalue weighted by Gasteiger charge is -2.72. The Hall–Kier alpha value is -1.91. The molecule has 48 heavy (non-hydrogen) atoms. The number of fused-ring (bicyclic) bond motifs is 7. The average Bonchev–Trinajstić information content (AvgIpc) is 3.44. The van der Waals surface area contributed by atoms with Crippen LogP contribution in [0.25, 0.3) is 5.57 Å². The molecule has 1 aromatic carbocycles. The molecule has 0 bridgehead atoms. The highest BCUT2D eigenvalue weighted by Gasteiger charge is 2.70. The SMILES string of the molecule is C=C(C)[C@@H]1CC[C@]2(CNCCN3CCCCC3)CC[C@]3(C)[C@H](CC[C@@H]4[C@@]5(C)CC=C(c6ccc(C(=O)O)cc6)C(C)(C)[C@@H]5CC[C@]43C)[C@@H]12. The fraction of sp³-hybridized carbons (Fsp3) is 0.750. The van der Waals surface area contributed by atoms with Crippen LogP contribution in [0.5, 0.6) is 0 Å². The van der Waals surface area contributed by atoms with Crippen molar-refractivity contribution < 1.29 is 9.90 Å². The van der Waals surface area contributed by atoms with E-state index in [0.717, 1.165) is 30.7 Å². The van der Waals surface area contributed by atoms with Crippen LogP contribution >= 0.6 is 0 Å². The highest BCUT2D eigenvalue weighted by molar-refractivity contribution is 5.88. The Bertz CT molecular complexity index is 1420. The van der Waals surface area contributed by atoms with Gasteiger partial charge in [-0.1, -0.05) is 71.4 Å². The van der Waals surface area contributed by atoms with Crippen LogP contribution in [0.3, 0.4) is 0 Å². The van der Waals surface area contributed by atoms with E-state index < -0.39 is 5.97 Å². The number of likely N-dealkylation sites (tertiary alicyclic amines) is 1. The first-order valence-electron chi connectivity index (χ1n) is 19.9. The van der Waals surface area contributed by atoms with Gasteiger partial charge in [0.15, 0.2) is 0 Å². The van der Waals surface area contributed by atoms with Crippen molar-refractivity contribution in [2.24, 2.45) is 56.7 Å². The van der Waals surface area contributed by atoms with Gasteiger partial charge in [-0.3, -0.25) is 0 Å². The maximum absolute atomic E-state index is 11.6. The number of carboxylic acid groups (broad SMARTS) is 1. The molecule has 4 heteroatoms. The Morgan fingerprint density at radius 1 is 0.896 bits per heavy atom. The molecule has 0 aromatic heterocycles. The monoisotopic (exact) mass is 655 g/mol. The molecular weight excluding hydrogens is 588 g/mol. The zero-order chi connectivity index (χ0) is 34.1. The minimum Gasteiger partial charge on any atom is -0.478 e. The zero-order valence-electron chi connectivity index (χ0n) is 31.3. The first-order valence-corrected chi connectivity index (χ1v) is 19.9. The van der Waals surface area contributed by atoms with E-state index in [4.69, 9.17) is 0 Å². The summed E-state index contributed by atoms with van der Waals surface area (Å²) in [5.41, 5.74) is 5.93. The molecule has 4 nitrogen and oxygen atoms in total. The van der Waals surface area contributed by atoms with Crippen molar-refractivity contribution in [3.8, 4) is 0 Å². The summed E-state index contributed by atoms with van der Waals surface area (Å²) in [6, 6.07) is 7.68. The van der Waals surface area contributed by atoms with Crippen molar-refractivity contribution in [2.45, 2.75) is 119 Å². The molecule has 1 aliphatic heterocycles. The van der Waals surface area contributed by atoms with Gasteiger partial charge in [-0.05, 0) is 171 Å². The van der Waals surface area contributed by atoms with E-state index in [1.54, 1.807) is 12.1 Å². The molecule has 1 saturated heterocycles. The van der Waals surface area contributed by atoms with Crippen LogP contribution in [-0.4, -0.2) is 48.7 Å². The van der Waals surface area contributed by atoms with Crippen molar-refractivity contribution in [2.75, 3.05) is 32.7 Å². The summed E-state index contributed by atoms with van der Waals surface area (Å²) in [4.78, 5) is 14.2. The number of allylic oxidation sites excluding steroid dienone is 3. The highest BCUT2D eigenvalue weighted by Crippen LogP contribution is 2.77. The molecule has 0 amide bonds. The first kappa shape index (κ1) is 34.5. The second-order valence-corrected chi connectivity index (χ2v) is 19.1. The molecule has 0 radical (unpaired) electrons. The predicted molar refractivity (Wildman–Crippen MR) is 199 cm³/mol. The Balaban J connectivity index is 1.14. The second kappa shape index (κ2) is 12.4. The predicted octanol–water partition coefficient (Wildman–Crippen LogP) is 10.1. The summed E-state index contributed by atoms with van der Waals surface area (Å²) in [5.74, 6) is 2.74. The lowest BCUT2D eigenvalue weighted by Crippen LogP contribution is -2.65. The van der Waals surface area contributed by atoms with Gasteiger partial charge in [0.1, 0.15) is 0 Å². The average molecular weight is 655 g/mol. The summed E-state index contributed by atoms with van der Waals surface area (Å²) in [7, 11) is 0. The fourth-order valence-electron chi connectivity index (χ4n) is 14.2. The van der Waals surface area contributed by atoms with Gasteiger partial charge < -0.3 is 15.3 Å². The van der Waals surface area contributed by atoms with Gasteiger partial charge in [0.05, 0.1) is 5.56 Å². The summed E-state index contributed by atoms with van der Waals surface area (Å²) in [6.45, 7) is 26.3. The minimum atomic E-state index is -0.849. The maximum Gasteiger partial charge on any atom is 0.335 e. The molecule has 1 aromatic rings. The normalized spacial score (nSPS) is 42.1. The van der Waals surface area contributed by atoms with E-state index in [0.29, 0.717) is 33.6 Å². The highest BCUT2D eigenvalue weighted by atomic mass is 16.4. The zero-order valence-corrected chi connectivity index (χ0v) is 31.3. The molecule has 7 rings (SSSR count). The Morgan fingerprint density at radius 3 is 2.31 bits per heavy atom. The number of aromatic carboxylic acids is 1. The summed E-state index contributed by atoms with van der Waals surface area (Å²) in [5, 5.41) is 13.6. The van der Waals surface area contributed by atoms with Crippen molar-refractivity contribution >= 4 is 11.5 Å². The van der Waals surface area contributed by atoms with Crippen molar-refractivity contribution in [3.05, 3.63) is 53.6 Å². The number of nitrogens with one attached hydrogen (secondary N) is 1. The standard InChI is InChI=1S/C44H66N2O2/c1-30(2)33-17-22-44(29-45-25-28-46-26-9-8-10-27-46)24-23-42(6)35(38(33)44)15-16-37-41(5)20-18-34(31-11-13-32(14-12-31)39(47)48)40(3,4)36(41)19-21-43(37,42)7/h11-14,18,33,35-38,45H,1,8-10,15-17,19-29H2,2-7H3,(H,47,48)/t33-,35+,36-,37+,38+,41-,42+,43+,44+/m0/s1. The number of piperidine rings is 1. The molecule has 1 heterocycles. The lowest BCUT2D eigenvalue weighted by molar-refractivity contribution is -0.225. The maximum atomic E-state index is 11.6. The molecule has 264 valence electrons. The van der Waals surface area contributed by atoms with E-state index in [9.17, 15) is 9.90 Å². The number of carbonyl (C=O) groups is 1. The Morgan fingerprint density at radius 2 is 1.62 bits per heavy atom. The van der Waals surface area contributed by atoms with E-state index in [1.807, 2.05) is 0 Å². The van der Waals surface area contributed by atoms with Gasteiger partial charge in [0, 0.05) is 19.6 Å². The van der Waals surface area contributed by atoms with Crippen molar-refractivity contribution in [3.63, 3.8) is 0 Å². The summed E-state index contributed by atoms with van der Waals surface area (Å²) >= 11 is 0. The van der Waals surface area contributed by atoms with E-state index in [2.05, 4.69) is 76.5 Å². The number of hydrogen-bond acceptors (Lipinski definition) is 3. The molecule has 5 fully saturated rings. The molecular formula is C44H66N2O2. The van der Waals surface area contributed by atoms with Gasteiger partial charge in [-0.2, -0.15) is 0 Å². The van der Waals surface area contributed by atoms with Gasteiger partial charge in [0.25, 0.3) is 0 Å². The van der Waals surface area contributed by atoms with Crippen LogP contribution in [0.2, 0.25) is 0 Å². The fourth-order valence-corrected chi connectivity index (χ4v) is 14.2. The summed E-state index contributed by atoms with van der Waals surface area (Å²) < 4.78 is 0. The number of rotatable bonds is 8. The number of benzene rings is 1. The van der Waals surface area contributed by atoms with Crippen LogP contribution in [0, 0.1) is 56.7 Å². The third-order valence-electron chi connectivity index (χ3n) is 16.8. The number of nitrogens with zero attached hydrogens (tertiary/aromatic N) is 1. The molecule has 0 spiro atoms. The number of carboxylic acids is 1. The molecule has 4 saturated carbocycles. The third kappa shape index (κ3) is 5.23. The van der Waals surface area contributed by atoms with Crippen LogP contribution in [0.15, 0.2) is 42.5 Å². The van der Waals surface area contributed by atoms with Gasteiger partial charge in [0.2, 0.25) is 0 Å². The van der Waals surface area contributed by atoms with Crippen molar-refractivity contribution in [1.29, 1.82) is 0 Å². The van der Waals surface area contributed by atoms with Gasteiger partial charge in [-0.15, -0.1) is 0 Å². The van der Waals surface area contributed by atoms with E-state index in [-0.39, 0.29) is 10.8 Å². The van der Waals surface area contributed by atoms with Gasteiger partial charge in [-0.25, -0.2) is 4.79 Å². The minimum absolute atomic E-state index is 0.0505. The van der Waals surface area contributed by atoms with E-state index in [1.165, 1.54) is 114 Å². The van der Waals surface area contributed by atoms with Crippen LogP contribution in [0.1, 0.15) is 135 Å². The first-order chi connectivity index (χ1) is 22.8. The molecule has 0 unspecified atom stereocenters. The van der Waals surface area contributed by atoms with E-state index >= 15 is 0 Å². The molecule has 9 atom stereocenters. The second-order valence-electron chi connectivity index (χ2n) is 19.1. The lowest BCUT2D eigenvalue weighted by atomic mass is 9.32. The summed E-state index contributed by atoms with van der Waals surface area (Å²) in [6.07, 6.45) is 18.8. The third-order valence-corrected chi connectivity index (χ3v) is 16.8. The molecule has 5 aliphatic carbocycles. The van der Waals surface area contributed by atoms with Crippen LogP contribution in [-0.2, 0) is 0 Å². The smallest absolute Gasteiger partial charge is 0.335 e. The molecule has 2 N–H and O–H groups in total.